The molecular formula is C12H14N2O2S. The van der Waals surface area contributed by atoms with Crippen LogP contribution in [-0.2, 0) is 6.54 Å². The van der Waals surface area contributed by atoms with Gasteiger partial charge in [-0.05, 0) is 25.5 Å². The van der Waals surface area contributed by atoms with Crippen molar-refractivity contribution >= 4 is 17.3 Å². The highest BCUT2D eigenvalue weighted by Crippen LogP contribution is 2.29. The number of aromatic nitrogens is 2. The van der Waals surface area contributed by atoms with Gasteiger partial charge in [-0.2, -0.15) is 5.10 Å². The Hall–Kier alpha value is -1.62. The fraction of sp³-hybridized carbons (Fsp3) is 0.333. The number of carboxylic acids is 1. The minimum absolute atomic E-state index is 0.278. The molecule has 0 bridgehead atoms. The number of nitrogens with zero attached hydrogens (tertiary/aromatic N) is 2. The van der Waals surface area contributed by atoms with Crippen LogP contribution in [0.5, 0.6) is 0 Å². The van der Waals surface area contributed by atoms with Gasteiger partial charge in [0.15, 0.2) is 0 Å². The van der Waals surface area contributed by atoms with Gasteiger partial charge in [0.05, 0.1) is 4.88 Å². The first-order valence-electron chi connectivity index (χ1n) is 5.49. The van der Waals surface area contributed by atoms with E-state index in [4.69, 9.17) is 5.11 Å². The molecule has 0 atom stereocenters. The Morgan fingerprint density at radius 1 is 1.53 bits per heavy atom. The number of aryl methyl sites for hydroxylation is 2. The molecule has 2 rings (SSSR count). The maximum absolute atomic E-state index is 11.2. The van der Waals surface area contributed by atoms with Crippen molar-refractivity contribution in [3.63, 3.8) is 0 Å². The zero-order chi connectivity index (χ0) is 12.4. The minimum Gasteiger partial charge on any atom is -0.478 e. The summed E-state index contributed by atoms with van der Waals surface area (Å²) in [5, 5.41) is 13.5. The smallest absolute Gasteiger partial charge is 0.339 e. The zero-order valence-corrected chi connectivity index (χ0v) is 10.6. The van der Waals surface area contributed by atoms with Crippen LogP contribution in [0.3, 0.4) is 0 Å². The largest absolute Gasteiger partial charge is 0.478 e. The number of hydrogen-bond donors (Lipinski definition) is 1. The second-order valence-corrected chi connectivity index (χ2v) is 5.16. The molecule has 0 saturated heterocycles. The summed E-state index contributed by atoms with van der Waals surface area (Å²) < 4.78 is 1.70. The van der Waals surface area contributed by atoms with Crippen LogP contribution in [0.2, 0.25) is 0 Å². The van der Waals surface area contributed by atoms with Crippen LogP contribution >= 0.6 is 11.3 Å². The van der Waals surface area contributed by atoms with Crippen molar-refractivity contribution in [2.24, 2.45) is 0 Å². The lowest BCUT2D eigenvalue weighted by molar-refractivity contribution is 0.0697. The quantitative estimate of drug-likeness (QED) is 0.907. The molecule has 0 unspecified atom stereocenters. The van der Waals surface area contributed by atoms with Crippen LogP contribution in [0.1, 0.15) is 28.6 Å². The van der Waals surface area contributed by atoms with Crippen LogP contribution in [0, 0.1) is 6.92 Å². The monoisotopic (exact) mass is 250 g/mol. The number of hydrogen-bond acceptors (Lipinski definition) is 3. The molecule has 0 amide bonds. The molecule has 17 heavy (non-hydrogen) atoms. The van der Waals surface area contributed by atoms with Gasteiger partial charge in [-0.25, -0.2) is 4.79 Å². The summed E-state index contributed by atoms with van der Waals surface area (Å²) in [7, 11) is 0. The molecule has 0 aliphatic rings. The van der Waals surface area contributed by atoms with Gasteiger partial charge in [0.1, 0.15) is 11.3 Å². The normalized spacial score (nSPS) is 10.7. The Labute approximate surface area is 104 Å². The summed E-state index contributed by atoms with van der Waals surface area (Å²) in [6.07, 6.45) is 2.54. The van der Waals surface area contributed by atoms with Gasteiger partial charge in [-0.15, -0.1) is 11.3 Å². The molecule has 1 N–H and O–H groups in total. The predicted molar refractivity (Wildman–Crippen MR) is 67.5 cm³/mol. The second kappa shape index (κ2) is 4.71. The summed E-state index contributed by atoms with van der Waals surface area (Å²) in [6.45, 7) is 4.78. The summed E-state index contributed by atoms with van der Waals surface area (Å²) in [4.78, 5) is 13.2. The van der Waals surface area contributed by atoms with E-state index in [0.717, 1.165) is 22.7 Å². The molecule has 4 nitrogen and oxygen atoms in total. The van der Waals surface area contributed by atoms with Crippen LogP contribution in [0.4, 0.5) is 0 Å². The van der Waals surface area contributed by atoms with Crippen LogP contribution in [0.15, 0.2) is 18.3 Å². The number of carboxylic acid groups (broad SMARTS) is 1. The predicted octanol–water partition coefficient (Wildman–Crippen LogP) is 3.03. The number of thiophene rings is 1. The standard InChI is InChI=1S/C12H14N2O2S/c1-3-6-14-7-9(12(15)16)11(13-14)10-5-4-8(2)17-10/h4-5,7H,3,6H2,1-2H3,(H,15,16). The third-order valence-corrected chi connectivity index (χ3v) is 3.43. The Morgan fingerprint density at radius 2 is 2.29 bits per heavy atom. The molecule has 0 radical (unpaired) electrons. The fourth-order valence-electron chi connectivity index (χ4n) is 1.67. The summed E-state index contributed by atoms with van der Waals surface area (Å²) >= 11 is 1.56. The molecule has 90 valence electrons. The Balaban J connectivity index is 2.47. The van der Waals surface area contributed by atoms with Crippen molar-refractivity contribution < 1.29 is 9.90 Å². The van der Waals surface area contributed by atoms with E-state index in [2.05, 4.69) is 5.10 Å². The third kappa shape index (κ3) is 2.39. The molecule has 5 heteroatoms. The highest BCUT2D eigenvalue weighted by Gasteiger charge is 2.17. The molecule has 0 aromatic carbocycles. The SMILES string of the molecule is CCCn1cc(C(=O)O)c(-c2ccc(C)s2)n1. The van der Waals surface area contributed by atoms with E-state index in [1.807, 2.05) is 26.0 Å². The van der Waals surface area contributed by atoms with Gasteiger partial charge in [-0.1, -0.05) is 6.92 Å². The van der Waals surface area contributed by atoms with E-state index in [1.54, 1.807) is 22.2 Å². The summed E-state index contributed by atoms with van der Waals surface area (Å²) in [5.41, 5.74) is 0.851. The van der Waals surface area contributed by atoms with Gasteiger partial charge < -0.3 is 5.11 Å². The topological polar surface area (TPSA) is 55.1 Å². The Morgan fingerprint density at radius 3 is 2.82 bits per heavy atom. The first kappa shape index (κ1) is 11.9. The van der Waals surface area contributed by atoms with Crippen molar-refractivity contribution in [2.75, 3.05) is 0 Å². The van der Waals surface area contributed by atoms with Gasteiger partial charge in [0.2, 0.25) is 0 Å². The number of rotatable bonds is 4. The highest BCUT2D eigenvalue weighted by molar-refractivity contribution is 7.15. The first-order chi connectivity index (χ1) is 8.11. The van der Waals surface area contributed by atoms with Gasteiger partial charge >= 0.3 is 5.97 Å². The molecule has 0 aliphatic carbocycles. The first-order valence-corrected chi connectivity index (χ1v) is 6.31. The number of carbonyl (C=O) groups is 1. The number of aromatic carboxylic acids is 1. The van der Waals surface area contributed by atoms with E-state index < -0.39 is 5.97 Å². The molecule has 2 aromatic rings. The fourth-order valence-corrected chi connectivity index (χ4v) is 2.53. The average molecular weight is 250 g/mol. The zero-order valence-electron chi connectivity index (χ0n) is 9.80. The maximum Gasteiger partial charge on any atom is 0.339 e. The van der Waals surface area contributed by atoms with Crippen molar-refractivity contribution in [1.82, 2.24) is 9.78 Å². The van der Waals surface area contributed by atoms with Crippen LogP contribution in [0.25, 0.3) is 10.6 Å². The Kier molecular flexibility index (Phi) is 3.28. The molecule has 0 fully saturated rings. The van der Waals surface area contributed by atoms with E-state index in [-0.39, 0.29) is 5.56 Å². The van der Waals surface area contributed by atoms with E-state index >= 15 is 0 Å². The van der Waals surface area contributed by atoms with Crippen molar-refractivity contribution in [1.29, 1.82) is 0 Å². The van der Waals surface area contributed by atoms with Crippen molar-refractivity contribution in [3.8, 4) is 10.6 Å². The van der Waals surface area contributed by atoms with Gasteiger partial charge in [-0.3, -0.25) is 4.68 Å². The molecule has 0 spiro atoms. The van der Waals surface area contributed by atoms with Crippen molar-refractivity contribution in [3.05, 3.63) is 28.8 Å². The van der Waals surface area contributed by atoms with Gasteiger partial charge in [0, 0.05) is 17.6 Å². The molecule has 0 saturated carbocycles. The molecule has 2 heterocycles. The lowest BCUT2D eigenvalue weighted by Crippen LogP contribution is -1.97. The average Bonchev–Trinajstić information content (AvgIpc) is 2.84. The lowest BCUT2D eigenvalue weighted by Gasteiger charge is -1.95. The molecule has 0 aliphatic heterocycles. The second-order valence-electron chi connectivity index (χ2n) is 3.87. The van der Waals surface area contributed by atoms with E-state index in [9.17, 15) is 4.79 Å². The Bertz CT molecular complexity index is 542. The summed E-state index contributed by atoms with van der Waals surface area (Å²) in [6, 6.07) is 3.90. The lowest BCUT2D eigenvalue weighted by atomic mass is 10.2. The maximum atomic E-state index is 11.2. The van der Waals surface area contributed by atoms with E-state index in [1.165, 1.54) is 0 Å². The highest BCUT2D eigenvalue weighted by atomic mass is 32.1. The third-order valence-electron chi connectivity index (χ3n) is 2.42. The minimum atomic E-state index is -0.923. The van der Waals surface area contributed by atoms with Crippen molar-refractivity contribution in [2.45, 2.75) is 26.8 Å². The van der Waals surface area contributed by atoms with Gasteiger partial charge in [0.25, 0.3) is 0 Å². The van der Waals surface area contributed by atoms with Crippen LogP contribution < -0.4 is 0 Å². The van der Waals surface area contributed by atoms with E-state index in [0.29, 0.717) is 5.69 Å². The summed E-state index contributed by atoms with van der Waals surface area (Å²) in [5.74, 6) is -0.923. The molecule has 2 aromatic heterocycles. The van der Waals surface area contributed by atoms with Crippen LogP contribution in [-0.4, -0.2) is 20.9 Å². The molecular weight excluding hydrogens is 236 g/mol.